The van der Waals surface area contributed by atoms with E-state index in [2.05, 4.69) is 59.2 Å². The van der Waals surface area contributed by atoms with Crippen LogP contribution in [0.25, 0.3) is 0 Å². The van der Waals surface area contributed by atoms with Gasteiger partial charge < -0.3 is 9.80 Å². The van der Waals surface area contributed by atoms with Gasteiger partial charge in [-0.2, -0.15) is 0 Å². The fraction of sp³-hybridized carbons (Fsp3) is 0.400. The molecule has 0 aromatic heterocycles. The molecule has 4 aliphatic rings. The summed E-state index contributed by atoms with van der Waals surface area (Å²) in [6, 6.07) is 16.3. The molecule has 0 saturated carbocycles. The molecule has 118 valence electrons. The summed E-state index contributed by atoms with van der Waals surface area (Å²) < 4.78 is 0. The fourth-order valence-electron chi connectivity index (χ4n) is 4.58. The van der Waals surface area contributed by atoms with Gasteiger partial charge in [-0.15, -0.1) is 0 Å². The number of hydrogen-bond acceptors (Lipinski definition) is 3. The highest BCUT2D eigenvalue weighted by Gasteiger charge is 2.40. The van der Waals surface area contributed by atoms with Crippen LogP contribution in [0, 0.1) is 12.8 Å². The number of hydrogen-bond donors (Lipinski definition) is 0. The average molecular weight is 322 g/mol. The molecule has 2 aromatic carbocycles. The van der Waals surface area contributed by atoms with E-state index in [4.69, 9.17) is 0 Å². The molecule has 1 unspecified atom stereocenters. The number of anilines is 2. The minimum atomic E-state index is 0.624. The maximum Gasteiger partial charge on any atom is 0.0585 e. The maximum absolute atomic E-state index is 2.69. The summed E-state index contributed by atoms with van der Waals surface area (Å²) in [4.78, 5) is 8.17. The van der Waals surface area contributed by atoms with Crippen LogP contribution in [0.2, 0.25) is 0 Å². The van der Waals surface area contributed by atoms with Crippen molar-refractivity contribution in [1.82, 2.24) is 4.90 Å². The minimum absolute atomic E-state index is 0.624. The van der Waals surface area contributed by atoms with E-state index in [-0.39, 0.29) is 0 Å². The second kappa shape index (κ2) is 5.29. The molecule has 3 heteroatoms. The van der Waals surface area contributed by atoms with Crippen molar-refractivity contribution >= 4 is 23.1 Å². The lowest BCUT2D eigenvalue weighted by atomic mass is 9.82. The lowest BCUT2D eigenvalue weighted by Crippen LogP contribution is -2.56. The number of aryl methyl sites for hydroxylation is 1. The Hall–Kier alpha value is -1.45. The molecule has 2 aromatic rings. The van der Waals surface area contributed by atoms with Crippen LogP contribution in [0.4, 0.5) is 11.4 Å². The van der Waals surface area contributed by atoms with E-state index < -0.39 is 0 Å². The van der Waals surface area contributed by atoms with Crippen molar-refractivity contribution in [3.8, 4) is 0 Å². The lowest BCUT2D eigenvalue weighted by Gasteiger charge is -2.51. The van der Waals surface area contributed by atoms with E-state index in [1.807, 2.05) is 11.8 Å². The van der Waals surface area contributed by atoms with Crippen molar-refractivity contribution in [3.63, 3.8) is 0 Å². The first-order chi connectivity index (χ1) is 11.3. The molecule has 3 saturated heterocycles. The Kier molecular flexibility index (Phi) is 3.20. The monoisotopic (exact) mass is 322 g/mol. The molecule has 2 nitrogen and oxygen atoms in total. The number of fused-ring (bicyclic) bond motifs is 5. The van der Waals surface area contributed by atoms with Gasteiger partial charge in [0.2, 0.25) is 0 Å². The lowest BCUT2D eigenvalue weighted by molar-refractivity contribution is 0.0891. The molecular weight excluding hydrogens is 300 g/mol. The van der Waals surface area contributed by atoms with Gasteiger partial charge in [-0.3, -0.25) is 0 Å². The number of nitrogens with zero attached hydrogens (tertiary/aromatic N) is 2. The molecule has 6 rings (SSSR count). The molecular formula is C20H22N2S. The SMILES string of the molecule is Cc1cccc2c1N(C1CN3CCC1CC3)c1ccccc1S2. The first-order valence-electron chi connectivity index (χ1n) is 8.69. The Bertz CT molecular complexity index is 749. The summed E-state index contributed by atoms with van der Waals surface area (Å²) >= 11 is 1.93. The van der Waals surface area contributed by atoms with Crippen LogP contribution in [0.5, 0.6) is 0 Å². The standard InChI is InChI=1S/C20H22N2S/c1-14-5-4-8-19-20(14)22(16-6-2-3-7-18(16)23-19)17-13-21-11-9-15(17)10-12-21/h2-8,15,17H,9-13H2,1H3. The number of para-hydroxylation sites is 2. The summed E-state index contributed by atoms with van der Waals surface area (Å²) in [6.45, 7) is 6.08. The summed E-state index contributed by atoms with van der Waals surface area (Å²) in [5, 5.41) is 0. The molecule has 3 fully saturated rings. The van der Waals surface area contributed by atoms with Crippen molar-refractivity contribution in [2.24, 2.45) is 5.92 Å². The molecule has 4 heterocycles. The Labute approximate surface area is 142 Å². The largest absolute Gasteiger partial charge is 0.335 e. The van der Waals surface area contributed by atoms with E-state index in [0.717, 1.165) is 5.92 Å². The fourth-order valence-corrected chi connectivity index (χ4v) is 5.73. The smallest absolute Gasteiger partial charge is 0.0585 e. The van der Waals surface area contributed by atoms with Gasteiger partial charge in [-0.25, -0.2) is 0 Å². The van der Waals surface area contributed by atoms with Crippen LogP contribution in [0.15, 0.2) is 52.3 Å². The van der Waals surface area contributed by atoms with Gasteiger partial charge in [-0.05, 0) is 62.5 Å². The van der Waals surface area contributed by atoms with Crippen LogP contribution in [-0.2, 0) is 0 Å². The van der Waals surface area contributed by atoms with Gasteiger partial charge in [-0.1, -0.05) is 36.0 Å². The summed E-state index contributed by atoms with van der Waals surface area (Å²) in [7, 11) is 0. The molecule has 0 amide bonds. The predicted molar refractivity (Wildman–Crippen MR) is 96.8 cm³/mol. The van der Waals surface area contributed by atoms with E-state index in [1.165, 1.54) is 59.2 Å². The van der Waals surface area contributed by atoms with Gasteiger partial charge in [0.05, 0.1) is 11.4 Å². The third-order valence-electron chi connectivity index (χ3n) is 5.74. The van der Waals surface area contributed by atoms with Gasteiger partial charge in [0.15, 0.2) is 0 Å². The first-order valence-corrected chi connectivity index (χ1v) is 9.51. The van der Waals surface area contributed by atoms with Crippen LogP contribution in [0.1, 0.15) is 18.4 Å². The maximum atomic E-state index is 2.69. The highest BCUT2D eigenvalue weighted by atomic mass is 32.2. The zero-order chi connectivity index (χ0) is 15.4. The molecule has 0 spiro atoms. The Morgan fingerprint density at radius 2 is 1.74 bits per heavy atom. The average Bonchev–Trinajstić information content (AvgIpc) is 2.61. The quantitative estimate of drug-likeness (QED) is 0.752. The summed E-state index contributed by atoms with van der Waals surface area (Å²) in [6.07, 6.45) is 2.72. The number of rotatable bonds is 1. The topological polar surface area (TPSA) is 6.48 Å². The van der Waals surface area contributed by atoms with E-state index in [0.29, 0.717) is 6.04 Å². The molecule has 1 atom stereocenters. The van der Waals surface area contributed by atoms with Crippen LogP contribution in [-0.4, -0.2) is 30.6 Å². The third kappa shape index (κ3) is 2.14. The van der Waals surface area contributed by atoms with E-state index in [1.54, 1.807) is 0 Å². The molecule has 2 bridgehead atoms. The Balaban J connectivity index is 1.68. The second-order valence-corrected chi connectivity index (χ2v) is 8.15. The van der Waals surface area contributed by atoms with Gasteiger partial charge in [0.1, 0.15) is 0 Å². The molecule has 0 radical (unpaired) electrons. The summed E-state index contributed by atoms with van der Waals surface area (Å²) in [5.41, 5.74) is 4.27. The highest BCUT2D eigenvalue weighted by Crippen LogP contribution is 2.52. The van der Waals surface area contributed by atoms with Crippen molar-refractivity contribution < 1.29 is 0 Å². The first kappa shape index (κ1) is 13.9. The molecule has 0 N–H and O–H groups in total. The van der Waals surface area contributed by atoms with Gasteiger partial charge >= 0.3 is 0 Å². The van der Waals surface area contributed by atoms with Crippen LogP contribution < -0.4 is 4.90 Å². The van der Waals surface area contributed by atoms with Crippen molar-refractivity contribution in [2.75, 3.05) is 24.5 Å². The van der Waals surface area contributed by atoms with Crippen molar-refractivity contribution in [2.45, 2.75) is 35.6 Å². The number of benzene rings is 2. The van der Waals surface area contributed by atoms with Crippen LogP contribution in [0.3, 0.4) is 0 Å². The zero-order valence-electron chi connectivity index (χ0n) is 13.5. The minimum Gasteiger partial charge on any atom is -0.335 e. The van der Waals surface area contributed by atoms with Crippen LogP contribution >= 0.6 is 11.8 Å². The predicted octanol–water partition coefficient (Wildman–Crippen LogP) is 4.69. The summed E-state index contributed by atoms with van der Waals surface area (Å²) in [5.74, 6) is 0.837. The normalized spacial score (nSPS) is 28.4. The third-order valence-corrected chi connectivity index (χ3v) is 6.85. The van der Waals surface area contributed by atoms with Crippen molar-refractivity contribution in [3.05, 3.63) is 48.0 Å². The zero-order valence-corrected chi connectivity index (χ0v) is 14.4. The van der Waals surface area contributed by atoms with E-state index >= 15 is 0 Å². The Morgan fingerprint density at radius 3 is 2.52 bits per heavy atom. The van der Waals surface area contributed by atoms with Gasteiger partial charge in [0, 0.05) is 22.4 Å². The molecule has 0 aliphatic carbocycles. The molecule has 4 aliphatic heterocycles. The highest BCUT2D eigenvalue weighted by molar-refractivity contribution is 7.99. The number of piperidine rings is 3. The molecule has 23 heavy (non-hydrogen) atoms. The van der Waals surface area contributed by atoms with E-state index in [9.17, 15) is 0 Å². The Morgan fingerprint density at radius 1 is 0.957 bits per heavy atom. The van der Waals surface area contributed by atoms with Gasteiger partial charge in [0.25, 0.3) is 0 Å². The van der Waals surface area contributed by atoms with Crippen molar-refractivity contribution in [1.29, 1.82) is 0 Å². The second-order valence-electron chi connectivity index (χ2n) is 7.07.